The molecule has 0 aliphatic heterocycles. The van der Waals surface area contributed by atoms with E-state index in [4.69, 9.17) is 4.74 Å². The fourth-order valence-electron chi connectivity index (χ4n) is 1.61. The number of hydrogen-bond donors (Lipinski definition) is 2. The minimum atomic E-state index is -0.491. The Hall–Kier alpha value is -1.48. The molecule has 0 heterocycles. The van der Waals surface area contributed by atoms with Crippen molar-refractivity contribution in [1.82, 2.24) is 0 Å². The van der Waals surface area contributed by atoms with Crippen LogP contribution in [0.15, 0.2) is 36.4 Å². The van der Waals surface area contributed by atoms with E-state index in [1.165, 1.54) is 0 Å². The van der Waals surface area contributed by atoms with Gasteiger partial charge in [0.1, 0.15) is 6.10 Å². The number of ether oxygens (including phenoxy) is 1. The lowest BCUT2D eigenvalue weighted by Gasteiger charge is -2.24. The van der Waals surface area contributed by atoms with Crippen LogP contribution >= 0.6 is 0 Å². The van der Waals surface area contributed by atoms with Gasteiger partial charge in [0, 0.05) is 0 Å². The highest BCUT2D eigenvalue weighted by Gasteiger charge is 2.21. The molecule has 1 aromatic carbocycles. The van der Waals surface area contributed by atoms with Crippen LogP contribution in [0, 0.1) is 0 Å². The van der Waals surface area contributed by atoms with Crippen molar-refractivity contribution in [3.05, 3.63) is 36.4 Å². The van der Waals surface area contributed by atoms with Crippen molar-refractivity contribution >= 4 is 0 Å². The standard InChI is InChI=1S/C12H14O3/c13-9-5-1-3-7-11(9)15-12-8-4-2-6-10(12)14/h1,3-5,7-8,10,12-14H,2,6H2/t10-,12+/m0/s1. The number of aliphatic hydroxyl groups is 1. The molecule has 0 saturated carbocycles. The highest BCUT2D eigenvalue weighted by atomic mass is 16.5. The number of aromatic hydroxyl groups is 1. The van der Waals surface area contributed by atoms with Crippen LogP contribution < -0.4 is 4.74 Å². The first-order valence-corrected chi connectivity index (χ1v) is 5.07. The molecule has 0 fully saturated rings. The normalized spacial score (nSPS) is 25.1. The van der Waals surface area contributed by atoms with Gasteiger partial charge in [0.25, 0.3) is 0 Å². The highest BCUT2D eigenvalue weighted by molar-refractivity contribution is 5.38. The fourth-order valence-corrected chi connectivity index (χ4v) is 1.61. The smallest absolute Gasteiger partial charge is 0.161 e. The molecule has 0 bridgehead atoms. The van der Waals surface area contributed by atoms with Crippen LogP contribution in [0.25, 0.3) is 0 Å². The van der Waals surface area contributed by atoms with Crippen molar-refractivity contribution in [2.24, 2.45) is 0 Å². The number of phenolic OH excluding ortho intramolecular Hbond substituents is 1. The summed E-state index contributed by atoms with van der Waals surface area (Å²) in [6, 6.07) is 6.77. The van der Waals surface area contributed by atoms with Crippen LogP contribution in [0.3, 0.4) is 0 Å². The third-order valence-corrected chi connectivity index (χ3v) is 2.46. The summed E-state index contributed by atoms with van der Waals surface area (Å²) < 4.78 is 5.51. The summed E-state index contributed by atoms with van der Waals surface area (Å²) in [7, 11) is 0. The van der Waals surface area contributed by atoms with Gasteiger partial charge < -0.3 is 14.9 Å². The molecule has 3 nitrogen and oxygen atoms in total. The van der Waals surface area contributed by atoms with Crippen LogP contribution in [0.2, 0.25) is 0 Å². The van der Waals surface area contributed by atoms with Gasteiger partial charge in [0.15, 0.2) is 11.5 Å². The quantitative estimate of drug-likeness (QED) is 0.726. The van der Waals surface area contributed by atoms with Gasteiger partial charge in [-0.25, -0.2) is 0 Å². The summed E-state index contributed by atoms with van der Waals surface area (Å²) in [6.45, 7) is 0. The molecule has 2 rings (SSSR count). The van der Waals surface area contributed by atoms with E-state index in [0.29, 0.717) is 12.2 Å². The first-order valence-electron chi connectivity index (χ1n) is 5.07. The van der Waals surface area contributed by atoms with Gasteiger partial charge in [-0.15, -0.1) is 0 Å². The molecule has 3 heteroatoms. The number of hydrogen-bond acceptors (Lipinski definition) is 3. The Kier molecular flexibility index (Phi) is 2.92. The molecule has 1 aromatic rings. The van der Waals surface area contributed by atoms with Crippen LogP contribution in [0.4, 0.5) is 0 Å². The Morgan fingerprint density at radius 2 is 2.07 bits per heavy atom. The fraction of sp³-hybridized carbons (Fsp3) is 0.333. The monoisotopic (exact) mass is 206 g/mol. The van der Waals surface area contributed by atoms with Crippen molar-refractivity contribution in [3.8, 4) is 11.5 Å². The zero-order valence-electron chi connectivity index (χ0n) is 8.34. The van der Waals surface area contributed by atoms with Gasteiger partial charge >= 0.3 is 0 Å². The van der Waals surface area contributed by atoms with Crippen molar-refractivity contribution in [3.63, 3.8) is 0 Å². The second kappa shape index (κ2) is 4.36. The molecule has 1 aliphatic rings. The molecule has 15 heavy (non-hydrogen) atoms. The van der Waals surface area contributed by atoms with E-state index in [0.717, 1.165) is 6.42 Å². The summed E-state index contributed by atoms with van der Waals surface area (Å²) in [4.78, 5) is 0. The topological polar surface area (TPSA) is 49.7 Å². The van der Waals surface area contributed by atoms with Gasteiger partial charge in [-0.05, 0) is 31.1 Å². The predicted molar refractivity (Wildman–Crippen MR) is 56.9 cm³/mol. The lowest BCUT2D eigenvalue weighted by atomic mass is 10.0. The van der Waals surface area contributed by atoms with Crippen molar-refractivity contribution in [1.29, 1.82) is 0 Å². The summed E-state index contributed by atoms with van der Waals surface area (Å²) in [5.41, 5.74) is 0. The van der Waals surface area contributed by atoms with Crippen LogP contribution in [0.5, 0.6) is 11.5 Å². The number of allylic oxidation sites excluding steroid dienone is 1. The van der Waals surface area contributed by atoms with E-state index in [2.05, 4.69) is 0 Å². The van der Waals surface area contributed by atoms with Gasteiger partial charge in [-0.2, -0.15) is 0 Å². The molecular weight excluding hydrogens is 192 g/mol. The summed E-state index contributed by atoms with van der Waals surface area (Å²) >= 11 is 0. The molecule has 0 unspecified atom stereocenters. The number of aliphatic hydroxyl groups excluding tert-OH is 1. The first-order chi connectivity index (χ1) is 7.27. The molecule has 0 aromatic heterocycles. The van der Waals surface area contributed by atoms with Crippen LogP contribution in [-0.4, -0.2) is 22.4 Å². The Labute approximate surface area is 88.6 Å². The average molecular weight is 206 g/mol. The van der Waals surface area contributed by atoms with Crippen molar-refractivity contribution in [2.45, 2.75) is 25.0 Å². The van der Waals surface area contributed by atoms with E-state index >= 15 is 0 Å². The van der Waals surface area contributed by atoms with E-state index in [-0.39, 0.29) is 11.9 Å². The largest absolute Gasteiger partial charge is 0.504 e. The molecule has 0 saturated heterocycles. The maximum absolute atomic E-state index is 9.66. The first kappa shape index (κ1) is 10.1. The summed E-state index contributed by atoms with van der Waals surface area (Å²) in [5.74, 6) is 0.511. The number of rotatable bonds is 2. The number of para-hydroxylation sites is 2. The molecule has 0 spiro atoms. The Morgan fingerprint density at radius 3 is 2.80 bits per heavy atom. The second-order valence-electron chi connectivity index (χ2n) is 3.62. The lowest BCUT2D eigenvalue weighted by Crippen LogP contribution is -2.31. The highest BCUT2D eigenvalue weighted by Crippen LogP contribution is 2.27. The molecule has 0 radical (unpaired) electrons. The number of phenols is 1. The molecule has 1 aliphatic carbocycles. The Balaban J connectivity index is 2.11. The maximum atomic E-state index is 9.66. The Bertz CT molecular complexity index is 360. The van der Waals surface area contributed by atoms with Crippen LogP contribution in [-0.2, 0) is 0 Å². The zero-order valence-corrected chi connectivity index (χ0v) is 8.34. The predicted octanol–water partition coefficient (Wildman–Crippen LogP) is 1.85. The second-order valence-corrected chi connectivity index (χ2v) is 3.62. The third kappa shape index (κ3) is 2.30. The zero-order chi connectivity index (χ0) is 10.7. The summed E-state index contributed by atoms with van der Waals surface area (Å²) in [6.07, 6.45) is 4.55. The van der Waals surface area contributed by atoms with Crippen molar-refractivity contribution < 1.29 is 14.9 Å². The Morgan fingerprint density at radius 1 is 1.27 bits per heavy atom. The van der Waals surface area contributed by atoms with Gasteiger partial charge in [-0.1, -0.05) is 18.2 Å². The molecular formula is C12H14O3. The lowest BCUT2D eigenvalue weighted by molar-refractivity contribution is 0.0521. The molecule has 80 valence electrons. The molecule has 0 amide bonds. The maximum Gasteiger partial charge on any atom is 0.161 e. The van der Waals surface area contributed by atoms with E-state index in [1.807, 2.05) is 12.2 Å². The van der Waals surface area contributed by atoms with Crippen molar-refractivity contribution in [2.75, 3.05) is 0 Å². The summed E-state index contributed by atoms with van der Waals surface area (Å²) in [5, 5.41) is 19.2. The van der Waals surface area contributed by atoms with Gasteiger partial charge in [-0.3, -0.25) is 0 Å². The van der Waals surface area contributed by atoms with Gasteiger partial charge in [0.2, 0.25) is 0 Å². The molecule has 2 N–H and O–H groups in total. The molecule has 2 atom stereocenters. The van der Waals surface area contributed by atoms with E-state index in [9.17, 15) is 10.2 Å². The SMILES string of the molecule is Oc1ccccc1O[C@@H]1C=CCC[C@@H]1O. The van der Waals surface area contributed by atoms with E-state index < -0.39 is 6.10 Å². The van der Waals surface area contributed by atoms with Crippen LogP contribution in [0.1, 0.15) is 12.8 Å². The average Bonchev–Trinajstić information content (AvgIpc) is 2.24. The minimum absolute atomic E-state index is 0.101. The van der Waals surface area contributed by atoms with E-state index in [1.54, 1.807) is 24.3 Å². The third-order valence-electron chi connectivity index (χ3n) is 2.46. The van der Waals surface area contributed by atoms with Gasteiger partial charge in [0.05, 0.1) is 6.10 Å². The number of benzene rings is 1. The minimum Gasteiger partial charge on any atom is -0.504 e.